The molecule has 0 bridgehead atoms. The van der Waals surface area contributed by atoms with Crippen molar-refractivity contribution in [3.05, 3.63) is 53.3 Å². The maximum atomic E-state index is 11.6. The van der Waals surface area contributed by atoms with Crippen LogP contribution in [0.1, 0.15) is 87.8 Å². The molecule has 4 heteroatoms. The number of likely N-dealkylation sites (tertiary alicyclic amines) is 1. The number of ketones is 1. The van der Waals surface area contributed by atoms with E-state index in [-0.39, 0.29) is 0 Å². The van der Waals surface area contributed by atoms with Gasteiger partial charge in [-0.1, -0.05) is 38.1 Å². The van der Waals surface area contributed by atoms with Crippen molar-refractivity contribution in [2.24, 2.45) is 11.8 Å². The quantitative estimate of drug-likeness (QED) is 0.569. The molecule has 0 spiro atoms. The molecule has 0 N–H and O–H groups in total. The Bertz CT molecular complexity index is 838. The van der Waals surface area contributed by atoms with Gasteiger partial charge in [-0.25, -0.2) is 0 Å². The van der Waals surface area contributed by atoms with E-state index in [0.717, 1.165) is 44.7 Å². The molecular formula is C27H39N3O. The number of carbonyl (C=O) groups is 1. The summed E-state index contributed by atoms with van der Waals surface area (Å²) in [6.45, 7) is 10.7. The van der Waals surface area contributed by atoms with Crippen molar-refractivity contribution in [3.63, 3.8) is 0 Å². The average molecular weight is 422 g/mol. The number of aromatic nitrogens is 2. The Hall–Kier alpha value is -1.94. The first kappa shape index (κ1) is 22.3. The molecule has 1 saturated heterocycles. The fourth-order valence-corrected chi connectivity index (χ4v) is 5.36. The topological polar surface area (TPSA) is 38.1 Å². The first-order chi connectivity index (χ1) is 15.0. The van der Waals surface area contributed by atoms with Gasteiger partial charge in [-0.05, 0) is 93.0 Å². The maximum absolute atomic E-state index is 11.6. The summed E-state index contributed by atoms with van der Waals surface area (Å²) >= 11 is 0. The van der Waals surface area contributed by atoms with Crippen LogP contribution >= 0.6 is 0 Å². The molecule has 1 aliphatic heterocycles. The molecule has 4 nitrogen and oxygen atoms in total. The van der Waals surface area contributed by atoms with E-state index < -0.39 is 0 Å². The van der Waals surface area contributed by atoms with Gasteiger partial charge in [-0.3, -0.25) is 14.4 Å². The molecule has 168 valence electrons. The molecule has 0 radical (unpaired) electrons. The molecule has 0 atom stereocenters. The van der Waals surface area contributed by atoms with Crippen molar-refractivity contribution in [3.8, 4) is 0 Å². The molecule has 1 aromatic carbocycles. The van der Waals surface area contributed by atoms with E-state index in [9.17, 15) is 4.79 Å². The number of rotatable bonds is 7. The van der Waals surface area contributed by atoms with Crippen molar-refractivity contribution >= 4 is 5.78 Å². The molecule has 2 heterocycles. The molecule has 2 aliphatic rings. The van der Waals surface area contributed by atoms with Crippen LogP contribution in [0, 0.1) is 11.8 Å². The van der Waals surface area contributed by atoms with Crippen LogP contribution in [0.4, 0.5) is 0 Å². The molecule has 1 aliphatic carbocycles. The predicted molar refractivity (Wildman–Crippen MR) is 126 cm³/mol. The Labute approximate surface area is 188 Å². The monoisotopic (exact) mass is 421 g/mol. The van der Waals surface area contributed by atoms with Gasteiger partial charge in [-0.15, -0.1) is 0 Å². The number of nitrogens with zero attached hydrogens (tertiary/aromatic N) is 3. The molecule has 0 unspecified atom stereocenters. The van der Waals surface area contributed by atoms with E-state index in [2.05, 4.69) is 59.0 Å². The third-order valence-electron chi connectivity index (χ3n) is 7.63. The van der Waals surface area contributed by atoms with Crippen LogP contribution < -0.4 is 0 Å². The molecule has 4 rings (SSSR count). The SMILES string of the molecule is CC(=O)C1CCC(c2ccc(CN3CCC(Cn4cc(C(C)C)cn4)CC3)cc2)CC1. The number of carbonyl (C=O) groups excluding carboxylic acids is 1. The predicted octanol–water partition coefficient (Wildman–Crippen LogP) is 5.78. The van der Waals surface area contributed by atoms with Crippen LogP contribution in [0.5, 0.6) is 0 Å². The van der Waals surface area contributed by atoms with Gasteiger partial charge in [0.2, 0.25) is 0 Å². The van der Waals surface area contributed by atoms with E-state index in [1.807, 2.05) is 6.20 Å². The number of benzene rings is 1. The zero-order chi connectivity index (χ0) is 21.8. The number of piperidine rings is 1. The highest BCUT2D eigenvalue weighted by Gasteiger charge is 2.25. The lowest BCUT2D eigenvalue weighted by Gasteiger charge is -2.32. The van der Waals surface area contributed by atoms with E-state index >= 15 is 0 Å². The van der Waals surface area contributed by atoms with Crippen LogP contribution in [0.2, 0.25) is 0 Å². The molecule has 2 aromatic rings. The van der Waals surface area contributed by atoms with Gasteiger partial charge >= 0.3 is 0 Å². The summed E-state index contributed by atoms with van der Waals surface area (Å²) in [5.74, 6) is 2.62. The van der Waals surface area contributed by atoms with Crippen molar-refractivity contribution in [1.29, 1.82) is 0 Å². The minimum atomic E-state index is 0.309. The van der Waals surface area contributed by atoms with Crippen molar-refractivity contribution in [2.45, 2.75) is 84.2 Å². The summed E-state index contributed by atoms with van der Waals surface area (Å²) in [6, 6.07) is 9.33. The molecule has 0 amide bonds. The van der Waals surface area contributed by atoms with Gasteiger partial charge in [0.1, 0.15) is 5.78 Å². The van der Waals surface area contributed by atoms with Gasteiger partial charge in [0.25, 0.3) is 0 Å². The summed E-state index contributed by atoms with van der Waals surface area (Å²) < 4.78 is 2.15. The second-order valence-electron chi connectivity index (χ2n) is 10.3. The summed E-state index contributed by atoms with van der Waals surface area (Å²) in [4.78, 5) is 14.2. The van der Waals surface area contributed by atoms with E-state index in [4.69, 9.17) is 0 Å². The van der Waals surface area contributed by atoms with E-state index in [1.54, 1.807) is 6.92 Å². The lowest BCUT2D eigenvalue weighted by molar-refractivity contribution is -0.121. The summed E-state index contributed by atoms with van der Waals surface area (Å²) in [5.41, 5.74) is 4.23. The minimum absolute atomic E-state index is 0.309. The standard InChI is InChI=1S/C27H39N3O/c1-20(2)27-16-28-30(19-27)18-23-12-14-29(15-13-23)17-22-4-6-25(7-5-22)26-10-8-24(9-11-26)21(3)31/h4-7,16,19-20,23-24,26H,8-15,17-18H2,1-3H3. The molecule has 1 saturated carbocycles. The second kappa shape index (κ2) is 10.1. The van der Waals surface area contributed by atoms with Gasteiger partial charge < -0.3 is 0 Å². The van der Waals surface area contributed by atoms with Crippen LogP contribution in [-0.2, 0) is 17.9 Å². The minimum Gasteiger partial charge on any atom is -0.300 e. The lowest BCUT2D eigenvalue weighted by Crippen LogP contribution is -2.34. The summed E-state index contributed by atoms with van der Waals surface area (Å²) in [5, 5.41) is 4.56. The van der Waals surface area contributed by atoms with Crippen LogP contribution in [0.15, 0.2) is 36.7 Å². The van der Waals surface area contributed by atoms with E-state index in [1.165, 1.54) is 42.6 Å². The Morgan fingerprint density at radius 3 is 2.29 bits per heavy atom. The Balaban J connectivity index is 1.22. The fourth-order valence-electron chi connectivity index (χ4n) is 5.36. The van der Waals surface area contributed by atoms with Gasteiger partial charge in [0.05, 0.1) is 6.20 Å². The van der Waals surface area contributed by atoms with E-state index in [0.29, 0.717) is 23.5 Å². The zero-order valence-electron chi connectivity index (χ0n) is 19.6. The summed E-state index contributed by atoms with van der Waals surface area (Å²) in [7, 11) is 0. The number of hydrogen-bond acceptors (Lipinski definition) is 3. The Morgan fingerprint density at radius 1 is 1.03 bits per heavy atom. The highest BCUT2D eigenvalue weighted by atomic mass is 16.1. The van der Waals surface area contributed by atoms with Gasteiger partial charge in [-0.2, -0.15) is 5.10 Å². The number of hydrogen-bond donors (Lipinski definition) is 0. The average Bonchev–Trinajstić information content (AvgIpc) is 3.25. The normalized spacial score (nSPS) is 23.4. The highest BCUT2D eigenvalue weighted by molar-refractivity contribution is 5.78. The lowest BCUT2D eigenvalue weighted by atomic mass is 9.77. The van der Waals surface area contributed by atoms with Crippen LogP contribution in [0.25, 0.3) is 0 Å². The zero-order valence-corrected chi connectivity index (χ0v) is 19.6. The molecule has 2 fully saturated rings. The van der Waals surface area contributed by atoms with Gasteiger partial charge in [0.15, 0.2) is 0 Å². The summed E-state index contributed by atoms with van der Waals surface area (Å²) in [6.07, 6.45) is 11.2. The van der Waals surface area contributed by atoms with Crippen LogP contribution in [-0.4, -0.2) is 33.6 Å². The first-order valence-corrected chi connectivity index (χ1v) is 12.3. The Morgan fingerprint density at radius 2 is 1.71 bits per heavy atom. The van der Waals surface area contributed by atoms with Gasteiger partial charge in [0, 0.05) is 25.2 Å². The number of Topliss-reactive ketones (excluding diaryl/α,β-unsaturated/α-hetero) is 1. The van der Waals surface area contributed by atoms with Crippen molar-refractivity contribution in [2.75, 3.05) is 13.1 Å². The highest BCUT2D eigenvalue weighted by Crippen LogP contribution is 2.36. The largest absolute Gasteiger partial charge is 0.300 e. The fraction of sp³-hybridized carbons (Fsp3) is 0.630. The second-order valence-corrected chi connectivity index (χ2v) is 10.3. The molecular weight excluding hydrogens is 382 g/mol. The Kier molecular flexibility index (Phi) is 7.27. The van der Waals surface area contributed by atoms with Crippen molar-refractivity contribution < 1.29 is 4.79 Å². The molecule has 31 heavy (non-hydrogen) atoms. The molecule has 1 aromatic heterocycles. The maximum Gasteiger partial charge on any atom is 0.132 e. The smallest absolute Gasteiger partial charge is 0.132 e. The van der Waals surface area contributed by atoms with Crippen LogP contribution in [0.3, 0.4) is 0 Å². The third-order valence-corrected chi connectivity index (χ3v) is 7.63. The van der Waals surface area contributed by atoms with Crippen molar-refractivity contribution in [1.82, 2.24) is 14.7 Å². The first-order valence-electron chi connectivity index (χ1n) is 12.3. The third kappa shape index (κ3) is 5.85.